The zero-order chi connectivity index (χ0) is 18.6. The van der Waals surface area contributed by atoms with E-state index in [1.165, 1.54) is 28.6 Å². The summed E-state index contributed by atoms with van der Waals surface area (Å²) in [5.41, 5.74) is 0.826. The first kappa shape index (κ1) is 19.9. The lowest BCUT2D eigenvalue weighted by atomic mass is 10.2. The van der Waals surface area contributed by atoms with Gasteiger partial charge in [-0.25, -0.2) is 8.42 Å². The van der Waals surface area contributed by atoms with Crippen LogP contribution in [0.25, 0.3) is 0 Å². The Morgan fingerprint density at radius 2 is 1.72 bits per heavy atom. The van der Waals surface area contributed by atoms with Crippen LogP contribution in [0.3, 0.4) is 0 Å². The predicted octanol–water partition coefficient (Wildman–Crippen LogP) is 4.39. The topological polar surface area (TPSA) is 66.5 Å². The molecule has 0 bridgehead atoms. The zero-order valence-electron chi connectivity index (χ0n) is 13.8. The third-order valence-corrected chi connectivity index (χ3v) is 6.51. The number of nitrogens with one attached hydrogen (secondary N) is 1. The second-order valence-electron chi connectivity index (χ2n) is 5.19. The summed E-state index contributed by atoms with van der Waals surface area (Å²) in [6, 6.07) is 11.0. The van der Waals surface area contributed by atoms with Crippen LogP contribution in [0.1, 0.15) is 24.2 Å². The lowest BCUT2D eigenvalue weighted by Gasteiger charge is -2.18. The van der Waals surface area contributed by atoms with Crippen molar-refractivity contribution in [2.45, 2.75) is 18.7 Å². The Labute approximate surface area is 161 Å². The quantitative estimate of drug-likeness (QED) is 0.717. The van der Waals surface area contributed by atoms with Crippen molar-refractivity contribution in [2.24, 2.45) is 0 Å². The first-order valence-electron chi connectivity index (χ1n) is 7.66. The van der Waals surface area contributed by atoms with Gasteiger partial charge in [-0.1, -0.05) is 41.4 Å². The van der Waals surface area contributed by atoms with E-state index in [9.17, 15) is 13.2 Å². The monoisotopic (exact) mass is 444 g/mol. The summed E-state index contributed by atoms with van der Waals surface area (Å²) >= 11 is 9.38. The highest BCUT2D eigenvalue weighted by molar-refractivity contribution is 9.10. The lowest BCUT2D eigenvalue weighted by molar-refractivity contribution is 0.102. The molecule has 0 aliphatic rings. The van der Waals surface area contributed by atoms with Crippen LogP contribution in [0.2, 0.25) is 5.02 Å². The van der Waals surface area contributed by atoms with Gasteiger partial charge in [0.25, 0.3) is 5.91 Å². The smallest absolute Gasteiger partial charge is 0.255 e. The summed E-state index contributed by atoms with van der Waals surface area (Å²) in [4.78, 5) is 12.5. The second kappa shape index (κ2) is 8.31. The molecule has 25 heavy (non-hydrogen) atoms. The molecule has 0 aliphatic carbocycles. The number of amides is 1. The van der Waals surface area contributed by atoms with Gasteiger partial charge in [-0.2, -0.15) is 4.31 Å². The number of rotatable bonds is 6. The van der Waals surface area contributed by atoms with Gasteiger partial charge in [-0.3, -0.25) is 4.79 Å². The molecule has 0 atom stereocenters. The van der Waals surface area contributed by atoms with Crippen LogP contribution in [0.4, 0.5) is 5.69 Å². The van der Waals surface area contributed by atoms with E-state index in [4.69, 9.17) is 11.6 Å². The van der Waals surface area contributed by atoms with E-state index in [0.717, 1.165) is 4.47 Å². The van der Waals surface area contributed by atoms with Crippen molar-refractivity contribution in [1.29, 1.82) is 0 Å². The minimum Gasteiger partial charge on any atom is -0.321 e. The van der Waals surface area contributed by atoms with Crippen LogP contribution in [0, 0.1) is 0 Å². The van der Waals surface area contributed by atoms with Crippen molar-refractivity contribution in [2.75, 3.05) is 18.4 Å². The van der Waals surface area contributed by atoms with E-state index in [-0.39, 0.29) is 10.8 Å². The Bertz CT molecular complexity index is 866. The molecule has 0 heterocycles. The number of nitrogens with zero attached hydrogens (tertiary/aromatic N) is 1. The lowest BCUT2D eigenvalue weighted by Crippen LogP contribution is -2.30. The average molecular weight is 446 g/mol. The van der Waals surface area contributed by atoms with Gasteiger partial charge >= 0.3 is 0 Å². The van der Waals surface area contributed by atoms with Crippen molar-refractivity contribution in [1.82, 2.24) is 4.31 Å². The fourth-order valence-electron chi connectivity index (χ4n) is 2.28. The highest BCUT2D eigenvalue weighted by atomic mass is 79.9. The molecular formula is C17H18BrClN2O3S. The van der Waals surface area contributed by atoms with E-state index in [2.05, 4.69) is 21.2 Å². The number of hydrogen-bond donors (Lipinski definition) is 1. The van der Waals surface area contributed by atoms with Crippen molar-refractivity contribution >= 4 is 49.1 Å². The minimum atomic E-state index is -3.54. The van der Waals surface area contributed by atoms with Crippen molar-refractivity contribution in [3.63, 3.8) is 0 Å². The molecule has 0 saturated carbocycles. The summed E-state index contributed by atoms with van der Waals surface area (Å²) in [7, 11) is -3.54. The van der Waals surface area contributed by atoms with E-state index < -0.39 is 10.0 Å². The molecule has 1 amide bonds. The normalized spacial score (nSPS) is 11.6. The Morgan fingerprint density at radius 3 is 2.24 bits per heavy atom. The Morgan fingerprint density at radius 1 is 1.12 bits per heavy atom. The fourth-order valence-corrected chi connectivity index (χ4v) is 4.45. The second-order valence-corrected chi connectivity index (χ2v) is 8.45. The molecule has 2 aromatic carbocycles. The molecule has 0 unspecified atom stereocenters. The number of hydrogen-bond acceptors (Lipinski definition) is 3. The van der Waals surface area contributed by atoms with Crippen LogP contribution >= 0.6 is 27.5 Å². The Balaban J connectivity index is 2.20. The Kier molecular flexibility index (Phi) is 6.62. The zero-order valence-corrected chi connectivity index (χ0v) is 17.0. The molecule has 0 fully saturated rings. The van der Waals surface area contributed by atoms with Crippen LogP contribution in [0.15, 0.2) is 51.8 Å². The first-order chi connectivity index (χ1) is 11.8. The highest BCUT2D eigenvalue weighted by Gasteiger charge is 2.21. The van der Waals surface area contributed by atoms with Crippen molar-refractivity contribution in [3.05, 3.63) is 57.5 Å². The molecule has 2 rings (SSSR count). The molecule has 134 valence electrons. The van der Waals surface area contributed by atoms with Crippen molar-refractivity contribution < 1.29 is 13.2 Å². The van der Waals surface area contributed by atoms with Crippen molar-refractivity contribution in [3.8, 4) is 0 Å². The van der Waals surface area contributed by atoms with Gasteiger partial charge in [0.15, 0.2) is 0 Å². The van der Waals surface area contributed by atoms with E-state index >= 15 is 0 Å². The van der Waals surface area contributed by atoms with E-state index in [0.29, 0.717) is 29.4 Å². The van der Waals surface area contributed by atoms with Gasteiger partial charge in [0.1, 0.15) is 0 Å². The third-order valence-electron chi connectivity index (χ3n) is 3.64. The Hall–Kier alpha value is -1.41. The van der Waals surface area contributed by atoms with Crippen LogP contribution in [-0.4, -0.2) is 31.7 Å². The maximum atomic E-state index is 12.4. The minimum absolute atomic E-state index is 0.162. The van der Waals surface area contributed by atoms with Gasteiger partial charge in [0.05, 0.1) is 15.6 Å². The molecule has 0 radical (unpaired) electrons. The maximum Gasteiger partial charge on any atom is 0.255 e. The number of halogens is 2. The van der Waals surface area contributed by atoms with Crippen LogP contribution < -0.4 is 5.32 Å². The molecule has 1 N–H and O–H groups in total. The molecule has 0 spiro atoms. The van der Waals surface area contributed by atoms with E-state index in [1.54, 1.807) is 32.0 Å². The summed E-state index contributed by atoms with van der Waals surface area (Å²) in [6.45, 7) is 4.35. The summed E-state index contributed by atoms with van der Waals surface area (Å²) in [5.74, 6) is -0.365. The third kappa shape index (κ3) is 4.61. The van der Waals surface area contributed by atoms with Gasteiger partial charge in [0.2, 0.25) is 10.0 Å². The predicted molar refractivity (Wildman–Crippen MR) is 104 cm³/mol. The van der Waals surface area contributed by atoms with Gasteiger partial charge < -0.3 is 5.32 Å². The van der Waals surface area contributed by atoms with Gasteiger partial charge in [0, 0.05) is 23.1 Å². The summed E-state index contributed by atoms with van der Waals surface area (Å²) < 4.78 is 27.1. The number of anilines is 1. The SMILES string of the molecule is CCN(CC)S(=O)(=O)c1ccc(C(=O)Nc2ccc(Br)cc2Cl)cc1. The number of benzene rings is 2. The number of carbonyl (C=O) groups is 1. The fraction of sp³-hybridized carbons (Fsp3) is 0.235. The molecule has 8 heteroatoms. The standard InChI is InChI=1S/C17H18BrClN2O3S/c1-3-21(4-2)25(23,24)14-8-5-12(6-9-14)17(22)20-16-10-7-13(18)11-15(16)19/h5-11H,3-4H2,1-2H3,(H,20,22). The van der Waals surface area contributed by atoms with Gasteiger partial charge in [-0.05, 0) is 42.5 Å². The largest absolute Gasteiger partial charge is 0.321 e. The summed E-state index contributed by atoms with van der Waals surface area (Å²) in [6.07, 6.45) is 0. The van der Waals surface area contributed by atoms with Crippen LogP contribution in [-0.2, 0) is 10.0 Å². The molecule has 0 aliphatic heterocycles. The first-order valence-corrected chi connectivity index (χ1v) is 10.3. The molecule has 0 saturated heterocycles. The molecule has 2 aromatic rings. The number of carbonyl (C=O) groups excluding carboxylic acids is 1. The van der Waals surface area contributed by atoms with Gasteiger partial charge in [-0.15, -0.1) is 0 Å². The highest BCUT2D eigenvalue weighted by Crippen LogP contribution is 2.26. The molecule has 5 nitrogen and oxygen atoms in total. The number of sulfonamides is 1. The van der Waals surface area contributed by atoms with E-state index in [1.807, 2.05) is 0 Å². The average Bonchev–Trinajstić information content (AvgIpc) is 2.58. The van der Waals surface area contributed by atoms with Crippen LogP contribution in [0.5, 0.6) is 0 Å². The maximum absolute atomic E-state index is 12.4. The molecule has 0 aromatic heterocycles. The molecular weight excluding hydrogens is 428 g/mol. The summed E-state index contributed by atoms with van der Waals surface area (Å²) in [5, 5.41) is 3.11.